The molecule has 0 saturated carbocycles. The Hall–Kier alpha value is -0.840. The molecule has 0 aliphatic carbocycles. The number of sulfone groups is 1. The number of rotatable bonds is 3. The third-order valence-corrected chi connectivity index (χ3v) is 2.04. The third kappa shape index (κ3) is 3.24. The van der Waals surface area contributed by atoms with Crippen LogP contribution in [0.2, 0.25) is 0 Å². The molecule has 4 nitrogen and oxygen atoms in total. The van der Waals surface area contributed by atoms with E-state index in [-0.39, 0.29) is 0 Å². The minimum absolute atomic E-state index is 0.521. The fraction of sp³-hybridized carbons (Fsp3) is 0.400. The Labute approximate surface area is 59.8 Å². The molecule has 0 aliphatic heterocycles. The van der Waals surface area contributed by atoms with Crippen LogP contribution in [0, 0.1) is 0 Å². The van der Waals surface area contributed by atoms with Gasteiger partial charge in [-0.1, -0.05) is 6.58 Å². The second-order valence-electron chi connectivity index (χ2n) is 1.65. The van der Waals surface area contributed by atoms with Crippen molar-refractivity contribution in [2.75, 3.05) is 12.8 Å². The summed E-state index contributed by atoms with van der Waals surface area (Å²) in [4.78, 5) is 10.4. The van der Waals surface area contributed by atoms with Crippen LogP contribution >= 0.6 is 0 Å². The highest BCUT2D eigenvalue weighted by atomic mass is 32.2. The van der Waals surface area contributed by atoms with Gasteiger partial charge >= 0.3 is 0 Å². The zero-order valence-electron chi connectivity index (χ0n) is 5.62. The molecule has 0 fully saturated rings. The van der Waals surface area contributed by atoms with Gasteiger partial charge in [0.2, 0.25) is 5.91 Å². The summed E-state index contributed by atoms with van der Waals surface area (Å²) in [6, 6.07) is 0. The maximum atomic E-state index is 10.6. The smallest absolute Gasteiger partial charge is 0.235 e. The molecule has 0 radical (unpaired) electrons. The monoisotopic (exact) mass is 163 g/mol. The molecular formula is C5H9NO3S. The van der Waals surface area contributed by atoms with E-state index in [0.717, 1.165) is 5.41 Å². The Morgan fingerprint density at radius 1 is 1.70 bits per heavy atom. The average molecular weight is 163 g/mol. The molecule has 1 amide bonds. The maximum absolute atomic E-state index is 10.6. The van der Waals surface area contributed by atoms with Gasteiger partial charge in [0.05, 0.1) is 0 Å². The number of carbonyl (C=O) groups is 1. The molecule has 5 heteroatoms. The average Bonchev–Trinajstić information content (AvgIpc) is 1.87. The first-order valence-corrected chi connectivity index (χ1v) is 4.29. The van der Waals surface area contributed by atoms with Crippen LogP contribution in [0.1, 0.15) is 0 Å². The first-order valence-electron chi connectivity index (χ1n) is 2.57. The van der Waals surface area contributed by atoms with Crippen LogP contribution in [0.5, 0.6) is 0 Å². The van der Waals surface area contributed by atoms with E-state index < -0.39 is 21.5 Å². The highest BCUT2D eigenvalue weighted by molar-refractivity contribution is 7.94. The predicted molar refractivity (Wildman–Crippen MR) is 38.1 cm³/mol. The Morgan fingerprint density at radius 2 is 2.20 bits per heavy atom. The minimum Gasteiger partial charge on any atom is -0.358 e. The van der Waals surface area contributed by atoms with E-state index in [1.54, 1.807) is 0 Å². The van der Waals surface area contributed by atoms with Gasteiger partial charge in [0.1, 0.15) is 5.75 Å². The molecule has 0 bridgehead atoms. The lowest BCUT2D eigenvalue weighted by atomic mass is 10.7. The molecule has 0 heterocycles. The van der Waals surface area contributed by atoms with Crippen molar-refractivity contribution in [2.45, 2.75) is 0 Å². The van der Waals surface area contributed by atoms with E-state index in [1.165, 1.54) is 7.05 Å². The third-order valence-electron chi connectivity index (χ3n) is 0.865. The summed E-state index contributed by atoms with van der Waals surface area (Å²) in [6.45, 7) is 3.05. The summed E-state index contributed by atoms with van der Waals surface area (Å²) < 4.78 is 21.2. The molecule has 0 unspecified atom stereocenters. The van der Waals surface area contributed by atoms with Crippen LogP contribution in [0.4, 0.5) is 0 Å². The Balaban J connectivity index is 4.17. The van der Waals surface area contributed by atoms with Gasteiger partial charge in [0, 0.05) is 12.5 Å². The van der Waals surface area contributed by atoms with Crippen molar-refractivity contribution in [3.63, 3.8) is 0 Å². The van der Waals surface area contributed by atoms with Crippen LogP contribution in [-0.2, 0) is 14.6 Å². The Bertz CT molecular complexity index is 229. The predicted octanol–water partition coefficient (Wildman–Crippen LogP) is -0.709. The van der Waals surface area contributed by atoms with Crippen LogP contribution in [0.3, 0.4) is 0 Å². The molecule has 58 valence electrons. The van der Waals surface area contributed by atoms with Gasteiger partial charge < -0.3 is 5.32 Å². The quantitative estimate of drug-likeness (QED) is 0.598. The Kier molecular flexibility index (Phi) is 3.08. The maximum Gasteiger partial charge on any atom is 0.235 e. The Morgan fingerprint density at radius 3 is 2.50 bits per heavy atom. The summed E-state index contributed by atoms with van der Waals surface area (Å²) in [5.41, 5.74) is 0. The lowest BCUT2D eigenvalue weighted by molar-refractivity contribution is -0.118. The summed E-state index contributed by atoms with van der Waals surface area (Å²) >= 11 is 0. The molecule has 0 spiro atoms. The number of carbonyl (C=O) groups excluding carboxylic acids is 1. The summed E-state index contributed by atoms with van der Waals surface area (Å²) in [7, 11) is -2.00. The first-order chi connectivity index (χ1) is 4.52. The lowest BCUT2D eigenvalue weighted by Crippen LogP contribution is -2.25. The largest absolute Gasteiger partial charge is 0.358 e. The number of hydrogen-bond donors (Lipinski definition) is 1. The molecule has 1 N–H and O–H groups in total. The van der Waals surface area contributed by atoms with Gasteiger partial charge in [-0.15, -0.1) is 0 Å². The molecule has 0 aromatic heterocycles. The SMILES string of the molecule is C=CS(=O)(=O)CC(=O)NC. The summed E-state index contributed by atoms with van der Waals surface area (Å²) in [5, 5.41) is 2.96. The topological polar surface area (TPSA) is 63.2 Å². The molecule has 0 aliphatic rings. The molecule has 0 aromatic carbocycles. The molecule has 10 heavy (non-hydrogen) atoms. The van der Waals surface area contributed by atoms with Crippen molar-refractivity contribution in [2.24, 2.45) is 0 Å². The molecule has 0 saturated heterocycles. The van der Waals surface area contributed by atoms with Crippen molar-refractivity contribution in [1.82, 2.24) is 5.32 Å². The standard InChI is InChI=1S/C5H9NO3S/c1-3-10(8,9)4-5(7)6-2/h3H,1,4H2,2H3,(H,6,7). The van der Waals surface area contributed by atoms with E-state index in [0.29, 0.717) is 0 Å². The molecule has 0 rings (SSSR count). The van der Waals surface area contributed by atoms with Crippen LogP contribution in [-0.4, -0.2) is 27.1 Å². The van der Waals surface area contributed by atoms with Crippen molar-refractivity contribution in [1.29, 1.82) is 0 Å². The number of nitrogens with one attached hydrogen (secondary N) is 1. The van der Waals surface area contributed by atoms with Crippen molar-refractivity contribution in [3.05, 3.63) is 12.0 Å². The zero-order valence-corrected chi connectivity index (χ0v) is 6.44. The van der Waals surface area contributed by atoms with E-state index >= 15 is 0 Å². The highest BCUT2D eigenvalue weighted by Crippen LogP contribution is 1.88. The van der Waals surface area contributed by atoms with Gasteiger partial charge in [0.15, 0.2) is 9.84 Å². The zero-order chi connectivity index (χ0) is 8.20. The minimum atomic E-state index is -3.38. The van der Waals surface area contributed by atoms with Gasteiger partial charge in [-0.2, -0.15) is 0 Å². The fourth-order valence-electron chi connectivity index (χ4n) is 0.314. The van der Waals surface area contributed by atoms with Gasteiger partial charge in [0.25, 0.3) is 0 Å². The van der Waals surface area contributed by atoms with Gasteiger partial charge in [-0.3, -0.25) is 4.79 Å². The first kappa shape index (κ1) is 9.16. The summed E-state index contributed by atoms with van der Waals surface area (Å²) in [6.07, 6.45) is 0. The van der Waals surface area contributed by atoms with Gasteiger partial charge in [-0.05, 0) is 0 Å². The van der Waals surface area contributed by atoms with E-state index in [1.807, 2.05) is 0 Å². The summed E-state index contributed by atoms with van der Waals surface area (Å²) in [5.74, 6) is -1.05. The number of hydrogen-bond acceptors (Lipinski definition) is 3. The number of amides is 1. The highest BCUT2D eigenvalue weighted by Gasteiger charge is 2.09. The van der Waals surface area contributed by atoms with Crippen LogP contribution in [0.25, 0.3) is 0 Å². The van der Waals surface area contributed by atoms with Crippen LogP contribution < -0.4 is 5.32 Å². The van der Waals surface area contributed by atoms with Gasteiger partial charge in [-0.25, -0.2) is 8.42 Å². The second-order valence-corrected chi connectivity index (χ2v) is 3.59. The van der Waals surface area contributed by atoms with Crippen molar-refractivity contribution in [3.8, 4) is 0 Å². The van der Waals surface area contributed by atoms with Crippen LogP contribution in [0.15, 0.2) is 12.0 Å². The lowest BCUT2D eigenvalue weighted by Gasteiger charge is -1.95. The van der Waals surface area contributed by atoms with Crippen molar-refractivity contribution >= 4 is 15.7 Å². The van der Waals surface area contributed by atoms with E-state index in [4.69, 9.17) is 0 Å². The molecular weight excluding hydrogens is 154 g/mol. The van der Waals surface area contributed by atoms with E-state index in [9.17, 15) is 13.2 Å². The van der Waals surface area contributed by atoms with E-state index in [2.05, 4.69) is 11.9 Å². The fourth-order valence-corrected chi connectivity index (χ4v) is 0.941. The normalized spacial score (nSPS) is 10.5. The molecule has 0 atom stereocenters. The second kappa shape index (κ2) is 3.36. The molecule has 0 aromatic rings. The van der Waals surface area contributed by atoms with Crippen molar-refractivity contribution < 1.29 is 13.2 Å².